The first-order valence-electron chi connectivity index (χ1n) is 7.64. The average Bonchev–Trinajstić information content (AvgIpc) is 3.09. The second kappa shape index (κ2) is 8.77. The van der Waals surface area contributed by atoms with Crippen molar-refractivity contribution in [3.8, 4) is 0 Å². The number of nitrogens with zero attached hydrogens (tertiary/aromatic N) is 3. The van der Waals surface area contributed by atoms with E-state index in [-0.39, 0.29) is 11.7 Å². The smallest absolute Gasteiger partial charge is 0.240 e. The molecule has 0 aliphatic heterocycles. The van der Waals surface area contributed by atoms with Gasteiger partial charge in [-0.2, -0.15) is 10.1 Å². The Bertz CT molecular complexity index is 899. The lowest BCUT2D eigenvalue weighted by Crippen LogP contribution is -2.14. The molecule has 9 heteroatoms. The fraction of sp³-hybridized carbons (Fsp3) is 0.0588. The van der Waals surface area contributed by atoms with Crippen LogP contribution in [0.15, 0.2) is 64.9 Å². The predicted octanol–water partition coefficient (Wildman–Crippen LogP) is 3.12. The Kier molecular flexibility index (Phi) is 5.94. The van der Waals surface area contributed by atoms with Crippen molar-refractivity contribution in [2.75, 3.05) is 16.5 Å². The summed E-state index contributed by atoms with van der Waals surface area (Å²) in [6.45, 7) is 0. The topological polar surface area (TPSA) is 95.1 Å². The summed E-state index contributed by atoms with van der Waals surface area (Å²) in [7, 11) is 0. The number of halogens is 1. The van der Waals surface area contributed by atoms with E-state index < -0.39 is 5.82 Å². The molecule has 1 amide bonds. The van der Waals surface area contributed by atoms with Gasteiger partial charge in [0.05, 0.1) is 12.0 Å². The summed E-state index contributed by atoms with van der Waals surface area (Å²) in [5, 5.41) is 13.7. The number of carbonyl (C=O) groups excluding carboxylic acids is 1. The van der Waals surface area contributed by atoms with Crippen LogP contribution in [0.25, 0.3) is 0 Å². The Morgan fingerprint density at radius 3 is 2.88 bits per heavy atom. The van der Waals surface area contributed by atoms with E-state index in [0.717, 1.165) is 17.3 Å². The number of aromatic nitrogens is 3. The fourth-order valence-electron chi connectivity index (χ4n) is 1.96. The van der Waals surface area contributed by atoms with Gasteiger partial charge in [-0.3, -0.25) is 4.79 Å². The van der Waals surface area contributed by atoms with Gasteiger partial charge in [-0.1, -0.05) is 48.2 Å². The largest absolute Gasteiger partial charge is 0.325 e. The Hall–Kier alpha value is -3.20. The van der Waals surface area contributed by atoms with Crippen LogP contribution in [-0.4, -0.2) is 33.1 Å². The van der Waals surface area contributed by atoms with Crippen LogP contribution in [0.4, 0.5) is 16.0 Å². The van der Waals surface area contributed by atoms with Gasteiger partial charge in [0.2, 0.25) is 17.0 Å². The zero-order chi connectivity index (χ0) is 18.2. The maximum absolute atomic E-state index is 13.1. The highest BCUT2D eigenvalue weighted by Crippen LogP contribution is 2.15. The van der Waals surface area contributed by atoms with Crippen molar-refractivity contribution in [1.82, 2.24) is 15.2 Å². The van der Waals surface area contributed by atoms with Gasteiger partial charge in [0.25, 0.3) is 0 Å². The first kappa shape index (κ1) is 17.6. The van der Waals surface area contributed by atoms with Gasteiger partial charge in [0.1, 0.15) is 5.82 Å². The van der Waals surface area contributed by atoms with Gasteiger partial charge < -0.3 is 5.32 Å². The van der Waals surface area contributed by atoms with Crippen molar-refractivity contribution >= 4 is 35.5 Å². The van der Waals surface area contributed by atoms with Crippen LogP contribution in [0.5, 0.6) is 0 Å². The number of anilines is 2. The fourth-order valence-corrected chi connectivity index (χ4v) is 2.56. The molecule has 0 fully saturated rings. The summed E-state index contributed by atoms with van der Waals surface area (Å²) in [5.41, 5.74) is 4.09. The molecule has 1 aromatic heterocycles. The third kappa shape index (κ3) is 5.42. The molecule has 0 aliphatic rings. The lowest BCUT2D eigenvalue weighted by Gasteiger charge is -2.03. The van der Waals surface area contributed by atoms with Crippen LogP contribution >= 0.6 is 11.8 Å². The molecule has 3 N–H and O–H groups in total. The number of hydrazone groups is 1. The number of thioether (sulfide) groups is 1. The molecule has 1 heterocycles. The zero-order valence-electron chi connectivity index (χ0n) is 13.5. The maximum atomic E-state index is 13.1. The number of aromatic amines is 1. The van der Waals surface area contributed by atoms with E-state index in [4.69, 9.17) is 0 Å². The number of nitrogens with one attached hydrogen (secondary N) is 3. The van der Waals surface area contributed by atoms with Crippen LogP contribution in [0.2, 0.25) is 0 Å². The molecule has 0 saturated carbocycles. The number of amides is 1. The second-order valence-corrected chi connectivity index (χ2v) is 6.04. The second-order valence-electron chi connectivity index (χ2n) is 5.09. The van der Waals surface area contributed by atoms with Crippen molar-refractivity contribution in [1.29, 1.82) is 0 Å². The van der Waals surface area contributed by atoms with Gasteiger partial charge in [-0.05, 0) is 23.8 Å². The quantitative estimate of drug-likeness (QED) is 0.337. The summed E-state index contributed by atoms with van der Waals surface area (Å²) in [6, 6.07) is 15.3. The van der Waals surface area contributed by atoms with E-state index in [1.807, 2.05) is 30.3 Å². The molecule has 132 valence electrons. The summed E-state index contributed by atoms with van der Waals surface area (Å²) in [4.78, 5) is 16.0. The normalized spacial score (nSPS) is 10.8. The summed E-state index contributed by atoms with van der Waals surface area (Å²) in [5.74, 6) is -0.218. The Morgan fingerprint density at radius 1 is 1.23 bits per heavy atom. The Morgan fingerprint density at radius 2 is 2.08 bits per heavy atom. The monoisotopic (exact) mass is 370 g/mol. The maximum Gasteiger partial charge on any atom is 0.240 e. The molecule has 0 unspecified atom stereocenters. The molecule has 0 aliphatic carbocycles. The summed E-state index contributed by atoms with van der Waals surface area (Å²) >= 11 is 1.15. The standard InChI is InChI=1S/C17H15FN6OS/c18-13-7-4-8-14(9-13)20-15(25)11-26-17-21-16(23-24-17)22-19-10-12-5-2-1-3-6-12/h1-10H,11H2,(H,20,25)(H2,21,22,23,24)/b19-10-. The van der Waals surface area contributed by atoms with Crippen molar-refractivity contribution in [2.45, 2.75) is 5.16 Å². The number of benzene rings is 2. The first-order chi connectivity index (χ1) is 12.7. The van der Waals surface area contributed by atoms with Gasteiger partial charge >= 0.3 is 0 Å². The van der Waals surface area contributed by atoms with E-state index in [1.165, 1.54) is 18.2 Å². The van der Waals surface area contributed by atoms with Gasteiger partial charge in [-0.15, -0.1) is 5.10 Å². The van der Waals surface area contributed by atoms with Crippen LogP contribution in [0.1, 0.15) is 5.56 Å². The van der Waals surface area contributed by atoms with Crippen LogP contribution < -0.4 is 10.7 Å². The molecule has 2 aromatic carbocycles. The number of rotatable bonds is 7. The van der Waals surface area contributed by atoms with Crippen LogP contribution in [-0.2, 0) is 4.79 Å². The van der Waals surface area contributed by atoms with E-state index in [2.05, 4.69) is 31.0 Å². The van der Waals surface area contributed by atoms with E-state index in [0.29, 0.717) is 16.8 Å². The number of hydrogen-bond acceptors (Lipinski definition) is 6. The minimum absolute atomic E-state index is 0.0983. The molecule has 0 radical (unpaired) electrons. The van der Waals surface area contributed by atoms with Crippen molar-refractivity contribution in [3.63, 3.8) is 0 Å². The van der Waals surface area contributed by atoms with Crippen molar-refractivity contribution in [2.24, 2.45) is 5.10 Å². The number of H-pyrrole nitrogens is 1. The van der Waals surface area contributed by atoms with Gasteiger partial charge in [-0.25, -0.2) is 14.9 Å². The highest BCUT2D eigenvalue weighted by Gasteiger charge is 2.08. The lowest BCUT2D eigenvalue weighted by atomic mass is 10.2. The molecular weight excluding hydrogens is 355 g/mol. The number of hydrogen-bond donors (Lipinski definition) is 3. The van der Waals surface area contributed by atoms with Crippen molar-refractivity contribution < 1.29 is 9.18 Å². The Labute approximate surface area is 153 Å². The molecule has 26 heavy (non-hydrogen) atoms. The third-order valence-corrected chi connectivity index (χ3v) is 3.94. The minimum Gasteiger partial charge on any atom is -0.325 e. The number of carbonyl (C=O) groups is 1. The summed E-state index contributed by atoms with van der Waals surface area (Å²) in [6.07, 6.45) is 1.65. The minimum atomic E-state index is -0.406. The first-order valence-corrected chi connectivity index (χ1v) is 8.62. The third-order valence-electron chi connectivity index (χ3n) is 3.09. The predicted molar refractivity (Wildman–Crippen MR) is 99.8 cm³/mol. The molecule has 3 rings (SSSR count). The Balaban J connectivity index is 1.46. The van der Waals surface area contributed by atoms with E-state index >= 15 is 0 Å². The summed E-state index contributed by atoms with van der Waals surface area (Å²) < 4.78 is 13.1. The van der Waals surface area contributed by atoms with Gasteiger partial charge in [0.15, 0.2) is 0 Å². The highest BCUT2D eigenvalue weighted by molar-refractivity contribution is 7.99. The molecule has 3 aromatic rings. The zero-order valence-corrected chi connectivity index (χ0v) is 14.3. The SMILES string of the molecule is O=C(CSc1n[nH]c(N/N=C\c2ccccc2)n1)Nc1cccc(F)c1. The average molecular weight is 370 g/mol. The van der Waals surface area contributed by atoms with E-state index in [1.54, 1.807) is 12.3 Å². The molecule has 0 bridgehead atoms. The van der Waals surface area contributed by atoms with Gasteiger partial charge in [0, 0.05) is 5.69 Å². The highest BCUT2D eigenvalue weighted by atomic mass is 32.2. The van der Waals surface area contributed by atoms with Crippen LogP contribution in [0.3, 0.4) is 0 Å². The van der Waals surface area contributed by atoms with Crippen molar-refractivity contribution in [3.05, 3.63) is 66.0 Å². The van der Waals surface area contributed by atoms with Crippen LogP contribution in [0, 0.1) is 5.82 Å². The molecule has 0 saturated heterocycles. The van der Waals surface area contributed by atoms with E-state index in [9.17, 15) is 9.18 Å². The molecular formula is C17H15FN6OS. The molecule has 0 spiro atoms. The lowest BCUT2D eigenvalue weighted by molar-refractivity contribution is -0.113. The molecule has 7 nitrogen and oxygen atoms in total. The molecule has 0 atom stereocenters.